The molecule has 0 aliphatic rings. The Labute approximate surface area is 175 Å². The Hall–Kier alpha value is -3.67. The fourth-order valence-electron chi connectivity index (χ4n) is 3.14. The van der Waals surface area contributed by atoms with Gasteiger partial charge in [0.05, 0.1) is 0 Å². The van der Waals surface area contributed by atoms with Gasteiger partial charge in [0.25, 0.3) is 11.5 Å². The zero-order valence-corrected chi connectivity index (χ0v) is 17.3. The largest absolute Gasteiger partial charge is 0.325 e. The fourth-order valence-corrected chi connectivity index (χ4v) is 3.14. The van der Waals surface area contributed by atoms with Crippen molar-refractivity contribution in [3.8, 4) is 0 Å². The summed E-state index contributed by atoms with van der Waals surface area (Å²) >= 11 is 0. The Morgan fingerprint density at radius 3 is 2.33 bits per heavy atom. The summed E-state index contributed by atoms with van der Waals surface area (Å²) in [7, 11) is 0. The third-order valence-electron chi connectivity index (χ3n) is 4.71. The Morgan fingerprint density at radius 1 is 0.933 bits per heavy atom. The second-order valence-electron chi connectivity index (χ2n) is 7.49. The molecule has 1 aromatic heterocycles. The SMILES string of the molecule is Cc1ccc(=O)n(CC(=O)Nc2ccc(C(=O)Nc3ccccc3C(C)C)cc2)c1. The molecule has 2 N–H and O–H groups in total. The predicted molar refractivity (Wildman–Crippen MR) is 119 cm³/mol. The van der Waals surface area contributed by atoms with Gasteiger partial charge in [-0.15, -0.1) is 0 Å². The molecule has 30 heavy (non-hydrogen) atoms. The van der Waals surface area contributed by atoms with Crippen LogP contribution in [-0.2, 0) is 11.3 Å². The molecule has 0 spiro atoms. The highest BCUT2D eigenvalue weighted by Gasteiger charge is 2.11. The van der Waals surface area contributed by atoms with Gasteiger partial charge in [0.15, 0.2) is 0 Å². The monoisotopic (exact) mass is 403 g/mol. The lowest BCUT2D eigenvalue weighted by atomic mass is 10.0. The Kier molecular flexibility index (Phi) is 6.47. The minimum absolute atomic E-state index is 0.0747. The van der Waals surface area contributed by atoms with E-state index < -0.39 is 0 Å². The number of nitrogens with zero attached hydrogens (tertiary/aromatic N) is 1. The average molecular weight is 403 g/mol. The number of carbonyl (C=O) groups is 2. The van der Waals surface area contributed by atoms with Crippen molar-refractivity contribution in [2.24, 2.45) is 0 Å². The van der Waals surface area contributed by atoms with Crippen LogP contribution in [0.15, 0.2) is 71.7 Å². The first-order chi connectivity index (χ1) is 14.3. The second-order valence-corrected chi connectivity index (χ2v) is 7.49. The third kappa shape index (κ3) is 5.23. The third-order valence-corrected chi connectivity index (χ3v) is 4.71. The Bertz CT molecular complexity index is 1120. The van der Waals surface area contributed by atoms with Gasteiger partial charge in [0.2, 0.25) is 5.91 Å². The van der Waals surface area contributed by atoms with Gasteiger partial charge in [0, 0.05) is 29.2 Å². The van der Waals surface area contributed by atoms with E-state index in [4.69, 9.17) is 0 Å². The molecule has 0 bridgehead atoms. The number of para-hydroxylation sites is 1. The molecule has 0 saturated carbocycles. The lowest BCUT2D eigenvalue weighted by molar-refractivity contribution is -0.116. The first-order valence-corrected chi connectivity index (χ1v) is 9.81. The molecule has 0 atom stereocenters. The van der Waals surface area contributed by atoms with Gasteiger partial charge in [-0.25, -0.2) is 0 Å². The minimum Gasteiger partial charge on any atom is -0.325 e. The molecule has 0 saturated heterocycles. The van der Waals surface area contributed by atoms with Crippen LogP contribution in [0.25, 0.3) is 0 Å². The summed E-state index contributed by atoms with van der Waals surface area (Å²) in [5.74, 6) is -0.238. The topological polar surface area (TPSA) is 80.2 Å². The molecule has 3 rings (SSSR count). The number of hydrogen-bond acceptors (Lipinski definition) is 3. The first kappa shape index (κ1) is 21.0. The first-order valence-electron chi connectivity index (χ1n) is 9.81. The summed E-state index contributed by atoms with van der Waals surface area (Å²) in [4.78, 5) is 36.7. The number of aromatic nitrogens is 1. The van der Waals surface area contributed by atoms with E-state index in [1.807, 2.05) is 31.2 Å². The molecule has 3 aromatic rings. The normalized spacial score (nSPS) is 10.7. The van der Waals surface area contributed by atoms with Crippen LogP contribution in [0.2, 0.25) is 0 Å². The number of amides is 2. The summed E-state index contributed by atoms with van der Waals surface area (Å²) in [6.07, 6.45) is 1.64. The predicted octanol–water partition coefficient (Wildman–Crippen LogP) is 4.17. The van der Waals surface area contributed by atoms with Crippen molar-refractivity contribution in [1.82, 2.24) is 4.57 Å². The van der Waals surface area contributed by atoms with Gasteiger partial charge in [-0.2, -0.15) is 0 Å². The van der Waals surface area contributed by atoms with E-state index in [0.29, 0.717) is 17.2 Å². The molecular formula is C24H25N3O3. The van der Waals surface area contributed by atoms with Gasteiger partial charge >= 0.3 is 0 Å². The number of aryl methyl sites for hydroxylation is 1. The van der Waals surface area contributed by atoms with Gasteiger partial charge in [-0.1, -0.05) is 38.1 Å². The molecular weight excluding hydrogens is 378 g/mol. The van der Waals surface area contributed by atoms with E-state index in [9.17, 15) is 14.4 Å². The van der Waals surface area contributed by atoms with Gasteiger partial charge in [-0.3, -0.25) is 14.4 Å². The summed E-state index contributed by atoms with van der Waals surface area (Å²) in [5.41, 5.74) is 3.57. The number of nitrogens with one attached hydrogen (secondary N) is 2. The number of carbonyl (C=O) groups excluding carboxylic acids is 2. The lowest BCUT2D eigenvalue weighted by Gasteiger charge is -2.14. The number of anilines is 2. The Morgan fingerprint density at radius 2 is 1.63 bits per heavy atom. The molecule has 154 valence electrons. The van der Waals surface area contributed by atoms with Crippen LogP contribution < -0.4 is 16.2 Å². The van der Waals surface area contributed by atoms with Crippen LogP contribution in [-0.4, -0.2) is 16.4 Å². The molecule has 2 amide bonds. The minimum atomic E-state index is -0.314. The molecule has 6 nitrogen and oxygen atoms in total. The standard InChI is InChI=1S/C24H25N3O3/c1-16(2)20-6-4-5-7-21(20)26-24(30)18-9-11-19(12-10-18)25-22(28)15-27-14-17(3)8-13-23(27)29/h4-14,16H,15H2,1-3H3,(H,25,28)(H,26,30). The number of rotatable bonds is 6. The van der Waals surface area contributed by atoms with Crippen molar-refractivity contribution in [3.63, 3.8) is 0 Å². The zero-order valence-electron chi connectivity index (χ0n) is 17.3. The maximum atomic E-state index is 12.6. The second kappa shape index (κ2) is 9.22. The van der Waals surface area contributed by atoms with Crippen molar-refractivity contribution in [3.05, 3.63) is 93.9 Å². The maximum absolute atomic E-state index is 12.6. The lowest BCUT2D eigenvalue weighted by Crippen LogP contribution is -2.26. The summed E-state index contributed by atoms with van der Waals surface area (Å²) in [6.45, 7) is 5.94. The molecule has 0 aliphatic carbocycles. The quantitative estimate of drug-likeness (QED) is 0.648. The zero-order chi connectivity index (χ0) is 21.7. The molecule has 0 unspecified atom stereocenters. The van der Waals surface area contributed by atoms with Gasteiger partial charge < -0.3 is 15.2 Å². The van der Waals surface area contributed by atoms with E-state index in [0.717, 1.165) is 16.8 Å². The molecule has 0 aliphatic heterocycles. The smallest absolute Gasteiger partial charge is 0.255 e. The molecule has 6 heteroatoms. The summed E-state index contributed by atoms with van der Waals surface area (Å²) in [6, 6.07) is 17.5. The van der Waals surface area contributed by atoms with Crippen molar-refractivity contribution >= 4 is 23.2 Å². The number of hydrogen-bond donors (Lipinski definition) is 2. The van der Waals surface area contributed by atoms with Crippen LogP contribution in [0.3, 0.4) is 0 Å². The van der Waals surface area contributed by atoms with E-state index in [1.165, 1.54) is 10.6 Å². The Balaban J connectivity index is 1.65. The molecule has 0 fully saturated rings. The van der Waals surface area contributed by atoms with E-state index in [1.54, 1.807) is 36.5 Å². The highest BCUT2D eigenvalue weighted by atomic mass is 16.2. The molecule has 0 radical (unpaired) electrons. The van der Waals surface area contributed by atoms with Gasteiger partial charge in [-0.05, 0) is 54.3 Å². The molecule has 1 heterocycles. The van der Waals surface area contributed by atoms with E-state index in [2.05, 4.69) is 24.5 Å². The van der Waals surface area contributed by atoms with Crippen molar-refractivity contribution < 1.29 is 9.59 Å². The number of benzene rings is 2. The van der Waals surface area contributed by atoms with E-state index in [-0.39, 0.29) is 23.9 Å². The van der Waals surface area contributed by atoms with Gasteiger partial charge in [0.1, 0.15) is 6.54 Å². The van der Waals surface area contributed by atoms with Crippen molar-refractivity contribution in [1.29, 1.82) is 0 Å². The van der Waals surface area contributed by atoms with Crippen LogP contribution in [0, 0.1) is 6.92 Å². The van der Waals surface area contributed by atoms with Crippen LogP contribution in [0.5, 0.6) is 0 Å². The molecule has 2 aromatic carbocycles. The fraction of sp³-hybridized carbons (Fsp3) is 0.208. The number of pyridine rings is 1. The van der Waals surface area contributed by atoms with Crippen LogP contribution in [0.4, 0.5) is 11.4 Å². The van der Waals surface area contributed by atoms with Crippen molar-refractivity contribution in [2.45, 2.75) is 33.2 Å². The van der Waals surface area contributed by atoms with E-state index >= 15 is 0 Å². The maximum Gasteiger partial charge on any atom is 0.255 e. The van der Waals surface area contributed by atoms with Crippen LogP contribution in [0.1, 0.15) is 41.3 Å². The summed E-state index contributed by atoms with van der Waals surface area (Å²) < 4.78 is 1.36. The summed E-state index contributed by atoms with van der Waals surface area (Å²) in [5, 5.41) is 5.69. The van der Waals surface area contributed by atoms with Crippen LogP contribution >= 0.6 is 0 Å². The van der Waals surface area contributed by atoms with Crippen molar-refractivity contribution in [2.75, 3.05) is 10.6 Å². The highest BCUT2D eigenvalue weighted by Crippen LogP contribution is 2.24. The highest BCUT2D eigenvalue weighted by molar-refractivity contribution is 6.05. The average Bonchev–Trinajstić information content (AvgIpc) is 2.71.